The second kappa shape index (κ2) is 5.88. The van der Waals surface area contributed by atoms with Crippen LogP contribution in [0.15, 0.2) is 36.4 Å². The van der Waals surface area contributed by atoms with Crippen LogP contribution in [0.2, 0.25) is 0 Å². The number of nitrogens with zero attached hydrogens (tertiary/aromatic N) is 2. The summed E-state index contributed by atoms with van der Waals surface area (Å²) in [5, 5.41) is 10.3. The molecule has 1 aromatic heterocycles. The number of carbonyl (C=O) groups excluding carboxylic acids is 2. The first-order chi connectivity index (χ1) is 11.0. The van der Waals surface area contributed by atoms with Gasteiger partial charge in [-0.2, -0.15) is 15.4 Å². The van der Waals surface area contributed by atoms with Crippen molar-refractivity contribution in [2.45, 2.75) is 13.8 Å². The fourth-order valence-electron chi connectivity index (χ4n) is 2.30. The van der Waals surface area contributed by atoms with E-state index in [-0.39, 0.29) is 5.91 Å². The van der Waals surface area contributed by atoms with Crippen molar-refractivity contribution >= 4 is 22.8 Å². The molecular formula is C16H15N5O2. The summed E-state index contributed by atoms with van der Waals surface area (Å²) in [6, 6.07) is 10.4. The minimum Gasteiger partial charge on any atom is -0.267 e. The monoisotopic (exact) mass is 309 g/mol. The third-order valence-corrected chi connectivity index (χ3v) is 3.49. The van der Waals surface area contributed by atoms with Crippen LogP contribution in [0.25, 0.3) is 11.0 Å². The minimum absolute atomic E-state index is 0.363. The highest BCUT2D eigenvalue weighted by atomic mass is 16.2. The van der Waals surface area contributed by atoms with Crippen molar-refractivity contribution in [3.8, 4) is 0 Å². The molecule has 2 aromatic carbocycles. The maximum atomic E-state index is 12.1. The standard InChI is InChI=1S/C16H15N5O2/c1-9-3-5-12(10(2)7-9)16(23)20-19-15(22)11-4-6-13-14(8-11)18-21-17-13/h3-8H,1-2H3,(H,19,22)(H,20,23)(H,17,18,21). The Bertz CT molecular complexity index is 900. The Labute approximate surface area is 132 Å². The molecule has 0 bridgehead atoms. The summed E-state index contributed by atoms with van der Waals surface area (Å²) in [4.78, 5) is 24.2. The molecule has 2 amide bonds. The van der Waals surface area contributed by atoms with E-state index in [0.29, 0.717) is 22.2 Å². The normalized spacial score (nSPS) is 10.5. The molecule has 0 atom stereocenters. The smallest absolute Gasteiger partial charge is 0.267 e. The van der Waals surface area contributed by atoms with E-state index in [9.17, 15) is 9.59 Å². The molecule has 0 saturated carbocycles. The van der Waals surface area contributed by atoms with E-state index in [1.165, 1.54) is 0 Å². The number of aromatic nitrogens is 3. The van der Waals surface area contributed by atoms with Crippen molar-refractivity contribution in [3.63, 3.8) is 0 Å². The Morgan fingerprint density at radius 3 is 2.43 bits per heavy atom. The zero-order valence-corrected chi connectivity index (χ0v) is 12.7. The number of nitrogens with one attached hydrogen (secondary N) is 3. The molecule has 0 fully saturated rings. The summed E-state index contributed by atoms with van der Waals surface area (Å²) in [6.45, 7) is 3.80. The Balaban J connectivity index is 1.69. The van der Waals surface area contributed by atoms with Gasteiger partial charge in [-0.25, -0.2) is 0 Å². The van der Waals surface area contributed by atoms with Gasteiger partial charge < -0.3 is 0 Å². The lowest BCUT2D eigenvalue weighted by Crippen LogP contribution is -2.41. The molecule has 3 N–H and O–H groups in total. The molecule has 7 heteroatoms. The number of hydrazine groups is 1. The van der Waals surface area contributed by atoms with Gasteiger partial charge in [0.05, 0.1) is 0 Å². The van der Waals surface area contributed by atoms with Gasteiger partial charge in [0.1, 0.15) is 11.0 Å². The largest absolute Gasteiger partial charge is 0.269 e. The highest BCUT2D eigenvalue weighted by molar-refractivity contribution is 6.01. The van der Waals surface area contributed by atoms with Gasteiger partial charge in [-0.1, -0.05) is 17.7 Å². The fraction of sp³-hybridized carbons (Fsp3) is 0.125. The Morgan fingerprint density at radius 1 is 0.913 bits per heavy atom. The van der Waals surface area contributed by atoms with E-state index in [1.54, 1.807) is 24.3 Å². The summed E-state index contributed by atoms with van der Waals surface area (Å²) in [6.07, 6.45) is 0. The second-order valence-electron chi connectivity index (χ2n) is 5.25. The van der Waals surface area contributed by atoms with Crippen molar-refractivity contribution in [3.05, 3.63) is 58.7 Å². The fourth-order valence-corrected chi connectivity index (χ4v) is 2.30. The van der Waals surface area contributed by atoms with Crippen LogP contribution >= 0.6 is 0 Å². The number of amides is 2. The van der Waals surface area contributed by atoms with Crippen LogP contribution in [0.5, 0.6) is 0 Å². The van der Waals surface area contributed by atoms with Crippen molar-refractivity contribution < 1.29 is 9.59 Å². The Hall–Kier alpha value is -3.22. The number of carbonyl (C=O) groups is 2. The Morgan fingerprint density at radius 2 is 1.65 bits per heavy atom. The number of rotatable bonds is 2. The molecule has 3 rings (SSSR count). The van der Waals surface area contributed by atoms with E-state index in [4.69, 9.17) is 0 Å². The lowest BCUT2D eigenvalue weighted by Gasteiger charge is -2.09. The molecule has 0 radical (unpaired) electrons. The molecule has 0 aliphatic heterocycles. The average Bonchev–Trinajstić information content (AvgIpc) is 2.99. The van der Waals surface area contributed by atoms with Gasteiger partial charge in [0, 0.05) is 11.1 Å². The number of aryl methyl sites for hydroxylation is 2. The average molecular weight is 309 g/mol. The maximum Gasteiger partial charge on any atom is 0.269 e. The number of hydrogen-bond acceptors (Lipinski definition) is 4. The molecule has 23 heavy (non-hydrogen) atoms. The van der Waals surface area contributed by atoms with Gasteiger partial charge in [0.15, 0.2) is 0 Å². The SMILES string of the molecule is Cc1ccc(C(=O)NNC(=O)c2ccc3n[nH]nc3c2)c(C)c1. The van der Waals surface area contributed by atoms with Crippen LogP contribution in [0.3, 0.4) is 0 Å². The highest BCUT2D eigenvalue weighted by Crippen LogP contribution is 2.11. The molecule has 0 unspecified atom stereocenters. The van der Waals surface area contributed by atoms with E-state index in [2.05, 4.69) is 26.3 Å². The van der Waals surface area contributed by atoms with E-state index < -0.39 is 5.91 Å². The minimum atomic E-state index is -0.423. The van der Waals surface area contributed by atoms with E-state index >= 15 is 0 Å². The summed E-state index contributed by atoms with van der Waals surface area (Å²) in [5.74, 6) is -0.786. The highest BCUT2D eigenvalue weighted by Gasteiger charge is 2.12. The Kier molecular flexibility index (Phi) is 3.76. The third kappa shape index (κ3) is 3.03. The van der Waals surface area contributed by atoms with Crippen LogP contribution in [0.1, 0.15) is 31.8 Å². The molecule has 0 spiro atoms. The third-order valence-electron chi connectivity index (χ3n) is 3.49. The van der Waals surface area contributed by atoms with Gasteiger partial charge in [0.25, 0.3) is 11.8 Å². The quantitative estimate of drug-likeness (QED) is 0.627. The topological polar surface area (TPSA) is 99.8 Å². The summed E-state index contributed by atoms with van der Waals surface area (Å²) in [5.41, 5.74) is 8.88. The van der Waals surface area contributed by atoms with Gasteiger partial charge in [-0.05, 0) is 43.7 Å². The molecule has 0 aliphatic rings. The van der Waals surface area contributed by atoms with Gasteiger partial charge >= 0.3 is 0 Å². The molecule has 1 heterocycles. The summed E-state index contributed by atoms with van der Waals surface area (Å²) >= 11 is 0. The van der Waals surface area contributed by atoms with Gasteiger partial charge in [-0.3, -0.25) is 20.4 Å². The predicted octanol–water partition coefficient (Wildman–Crippen LogP) is 1.65. The molecule has 3 aromatic rings. The molecule has 0 saturated heterocycles. The molecular weight excluding hydrogens is 294 g/mol. The first kappa shape index (κ1) is 14.7. The number of hydrogen-bond donors (Lipinski definition) is 3. The van der Waals surface area contributed by atoms with Crippen molar-refractivity contribution in [1.29, 1.82) is 0 Å². The van der Waals surface area contributed by atoms with Crippen LogP contribution in [-0.2, 0) is 0 Å². The first-order valence-electron chi connectivity index (χ1n) is 7.03. The summed E-state index contributed by atoms with van der Waals surface area (Å²) in [7, 11) is 0. The van der Waals surface area contributed by atoms with Crippen LogP contribution in [0.4, 0.5) is 0 Å². The van der Waals surface area contributed by atoms with Gasteiger partial charge in [-0.15, -0.1) is 0 Å². The number of fused-ring (bicyclic) bond motifs is 1. The number of aromatic amines is 1. The number of benzene rings is 2. The first-order valence-corrected chi connectivity index (χ1v) is 7.03. The van der Waals surface area contributed by atoms with E-state index in [1.807, 2.05) is 26.0 Å². The zero-order chi connectivity index (χ0) is 16.4. The maximum absolute atomic E-state index is 12.1. The van der Waals surface area contributed by atoms with E-state index in [0.717, 1.165) is 11.1 Å². The van der Waals surface area contributed by atoms with Crippen LogP contribution < -0.4 is 10.9 Å². The second-order valence-corrected chi connectivity index (χ2v) is 5.25. The van der Waals surface area contributed by atoms with Crippen molar-refractivity contribution in [1.82, 2.24) is 26.3 Å². The predicted molar refractivity (Wildman–Crippen MR) is 84.7 cm³/mol. The molecule has 7 nitrogen and oxygen atoms in total. The number of H-pyrrole nitrogens is 1. The van der Waals surface area contributed by atoms with Crippen LogP contribution in [0, 0.1) is 13.8 Å². The summed E-state index contributed by atoms with van der Waals surface area (Å²) < 4.78 is 0. The van der Waals surface area contributed by atoms with Gasteiger partial charge in [0.2, 0.25) is 0 Å². The zero-order valence-electron chi connectivity index (χ0n) is 12.7. The van der Waals surface area contributed by atoms with Crippen LogP contribution in [-0.4, -0.2) is 27.2 Å². The molecule has 116 valence electrons. The lowest BCUT2D eigenvalue weighted by atomic mass is 10.1. The van der Waals surface area contributed by atoms with Crippen molar-refractivity contribution in [2.24, 2.45) is 0 Å². The molecule has 0 aliphatic carbocycles. The van der Waals surface area contributed by atoms with Crippen molar-refractivity contribution in [2.75, 3.05) is 0 Å². The lowest BCUT2D eigenvalue weighted by molar-refractivity contribution is 0.0846.